The van der Waals surface area contributed by atoms with E-state index < -0.39 is 0 Å². The summed E-state index contributed by atoms with van der Waals surface area (Å²) in [7, 11) is 4.76. The number of aryl methyl sites for hydroxylation is 1. The Kier molecular flexibility index (Phi) is 10.1. The minimum atomic E-state index is -0.141. The lowest BCUT2D eigenvalue weighted by molar-refractivity contribution is -0.141. The highest BCUT2D eigenvalue weighted by molar-refractivity contribution is 5.84. The number of methoxy groups -OCH3 is 3. The van der Waals surface area contributed by atoms with E-state index in [1.807, 2.05) is 37.3 Å². The fourth-order valence-electron chi connectivity index (χ4n) is 3.33. The molecule has 0 atom stereocenters. The molecule has 0 aliphatic carbocycles. The minimum absolute atomic E-state index is 0.00164. The number of hydrogen-bond donors (Lipinski definition) is 0. The van der Waals surface area contributed by atoms with Crippen molar-refractivity contribution in [2.24, 2.45) is 0 Å². The molecule has 2 rings (SSSR count). The van der Waals surface area contributed by atoms with Gasteiger partial charge < -0.3 is 28.4 Å². The van der Waals surface area contributed by atoms with Crippen molar-refractivity contribution in [3.8, 4) is 11.5 Å². The Morgan fingerprint density at radius 2 is 1.69 bits per heavy atom. The van der Waals surface area contributed by atoms with Gasteiger partial charge in [-0.15, -0.1) is 0 Å². The molecular formula is C24H34N2O6. The van der Waals surface area contributed by atoms with Crippen LogP contribution in [0.3, 0.4) is 0 Å². The van der Waals surface area contributed by atoms with Gasteiger partial charge in [-0.05, 0) is 43.2 Å². The number of rotatable bonds is 13. The van der Waals surface area contributed by atoms with Crippen molar-refractivity contribution in [2.45, 2.75) is 33.2 Å². The zero-order chi connectivity index (χ0) is 23.5. The Hall–Kier alpha value is -3.00. The molecule has 0 radical (unpaired) electrons. The number of furan rings is 1. The molecule has 0 unspecified atom stereocenters. The van der Waals surface area contributed by atoms with Gasteiger partial charge in [0.2, 0.25) is 11.8 Å². The van der Waals surface area contributed by atoms with Crippen LogP contribution in [0.5, 0.6) is 11.5 Å². The highest BCUT2D eigenvalue weighted by Gasteiger charge is 2.21. The topological polar surface area (TPSA) is 81.5 Å². The highest BCUT2D eigenvalue weighted by Crippen LogP contribution is 2.27. The lowest BCUT2D eigenvalue weighted by Gasteiger charge is -2.27. The van der Waals surface area contributed by atoms with Gasteiger partial charge >= 0.3 is 0 Å². The lowest BCUT2D eigenvalue weighted by Crippen LogP contribution is -2.44. The molecular weight excluding hydrogens is 412 g/mol. The van der Waals surface area contributed by atoms with Crippen LogP contribution in [0.4, 0.5) is 0 Å². The molecule has 0 spiro atoms. The predicted octanol–water partition coefficient (Wildman–Crippen LogP) is 3.06. The number of carbonyl (C=O) groups is 2. The second-order valence-electron chi connectivity index (χ2n) is 7.43. The predicted molar refractivity (Wildman–Crippen MR) is 121 cm³/mol. The Labute approximate surface area is 190 Å². The molecule has 0 bridgehead atoms. The van der Waals surface area contributed by atoms with Crippen LogP contribution in [0, 0.1) is 6.92 Å². The first-order valence-electron chi connectivity index (χ1n) is 10.7. The number of nitrogens with zero attached hydrogens (tertiary/aromatic N) is 2. The van der Waals surface area contributed by atoms with Crippen molar-refractivity contribution in [3.63, 3.8) is 0 Å². The van der Waals surface area contributed by atoms with E-state index in [-0.39, 0.29) is 18.4 Å². The number of amides is 2. The van der Waals surface area contributed by atoms with Crippen molar-refractivity contribution >= 4 is 11.8 Å². The summed E-state index contributed by atoms with van der Waals surface area (Å²) in [4.78, 5) is 28.8. The SMILES string of the molecule is CCC(=O)N(CCOC)CC(=O)N(CCc1ccc(OC)c(OC)c1)Cc1ccc(C)o1. The second-order valence-corrected chi connectivity index (χ2v) is 7.43. The molecule has 0 aliphatic rings. The number of benzene rings is 1. The number of ether oxygens (including phenoxy) is 3. The summed E-state index contributed by atoms with van der Waals surface area (Å²) in [5.74, 6) is 2.57. The maximum Gasteiger partial charge on any atom is 0.242 e. The van der Waals surface area contributed by atoms with E-state index in [4.69, 9.17) is 18.6 Å². The first-order chi connectivity index (χ1) is 15.4. The van der Waals surface area contributed by atoms with Crippen LogP contribution in [0.15, 0.2) is 34.7 Å². The summed E-state index contributed by atoms with van der Waals surface area (Å²) in [5, 5.41) is 0. The largest absolute Gasteiger partial charge is 0.493 e. The van der Waals surface area contributed by atoms with Crippen molar-refractivity contribution in [2.75, 3.05) is 47.6 Å². The van der Waals surface area contributed by atoms with Crippen LogP contribution in [0.25, 0.3) is 0 Å². The molecule has 2 amide bonds. The lowest BCUT2D eigenvalue weighted by atomic mass is 10.1. The standard InChI is InChI=1S/C24H34N2O6/c1-6-23(27)26(13-14-29-3)17-24(28)25(16-20-9-7-18(2)32-20)12-11-19-8-10-21(30-4)22(15-19)31-5/h7-10,15H,6,11-14,16-17H2,1-5H3. The molecule has 0 saturated carbocycles. The van der Waals surface area contributed by atoms with E-state index in [0.29, 0.717) is 56.3 Å². The molecule has 0 fully saturated rings. The van der Waals surface area contributed by atoms with Crippen molar-refractivity contribution in [1.29, 1.82) is 0 Å². The third-order valence-electron chi connectivity index (χ3n) is 5.16. The summed E-state index contributed by atoms with van der Waals surface area (Å²) in [6.07, 6.45) is 0.950. The van der Waals surface area contributed by atoms with Crippen molar-refractivity contribution < 1.29 is 28.2 Å². The van der Waals surface area contributed by atoms with Crippen LogP contribution < -0.4 is 9.47 Å². The van der Waals surface area contributed by atoms with Gasteiger partial charge in [0.15, 0.2) is 11.5 Å². The average molecular weight is 447 g/mol. The van der Waals surface area contributed by atoms with Crippen molar-refractivity contribution in [1.82, 2.24) is 9.80 Å². The van der Waals surface area contributed by atoms with Gasteiger partial charge in [-0.1, -0.05) is 13.0 Å². The van der Waals surface area contributed by atoms with Crippen LogP contribution >= 0.6 is 0 Å². The molecule has 32 heavy (non-hydrogen) atoms. The third kappa shape index (κ3) is 7.30. The van der Waals surface area contributed by atoms with Gasteiger partial charge in [0.25, 0.3) is 0 Å². The molecule has 8 heteroatoms. The maximum atomic E-state index is 13.2. The minimum Gasteiger partial charge on any atom is -0.493 e. The quantitative estimate of drug-likeness (QED) is 0.470. The van der Waals surface area contributed by atoms with Crippen LogP contribution in [-0.4, -0.2) is 69.2 Å². The molecule has 1 aromatic heterocycles. The van der Waals surface area contributed by atoms with Gasteiger partial charge in [0, 0.05) is 26.6 Å². The monoisotopic (exact) mass is 446 g/mol. The molecule has 0 saturated heterocycles. The zero-order valence-corrected chi connectivity index (χ0v) is 19.7. The first-order valence-corrected chi connectivity index (χ1v) is 10.7. The zero-order valence-electron chi connectivity index (χ0n) is 19.7. The maximum absolute atomic E-state index is 13.2. The van der Waals surface area contributed by atoms with E-state index >= 15 is 0 Å². The van der Waals surface area contributed by atoms with Gasteiger partial charge in [0.05, 0.1) is 33.9 Å². The van der Waals surface area contributed by atoms with Crippen LogP contribution in [0.1, 0.15) is 30.4 Å². The molecule has 176 valence electrons. The Bertz CT molecular complexity index is 879. The molecule has 0 N–H and O–H groups in total. The Balaban J connectivity index is 2.15. The first kappa shape index (κ1) is 25.3. The second kappa shape index (κ2) is 12.8. The fourth-order valence-corrected chi connectivity index (χ4v) is 3.33. The summed E-state index contributed by atoms with van der Waals surface area (Å²) in [6.45, 7) is 5.20. The molecule has 8 nitrogen and oxygen atoms in total. The van der Waals surface area contributed by atoms with Crippen LogP contribution in [-0.2, 0) is 27.3 Å². The molecule has 1 aromatic carbocycles. The summed E-state index contributed by atoms with van der Waals surface area (Å²) < 4.78 is 21.5. The average Bonchev–Trinajstić information content (AvgIpc) is 3.22. The van der Waals surface area contributed by atoms with Crippen LogP contribution in [0.2, 0.25) is 0 Å². The van der Waals surface area contributed by atoms with Crippen molar-refractivity contribution in [3.05, 3.63) is 47.4 Å². The normalized spacial score (nSPS) is 10.7. The number of hydrogen-bond acceptors (Lipinski definition) is 6. The molecule has 1 heterocycles. The number of carbonyl (C=O) groups excluding carboxylic acids is 2. The summed E-state index contributed by atoms with van der Waals surface area (Å²) in [5.41, 5.74) is 1.01. The fraction of sp³-hybridized carbons (Fsp3) is 0.500. The van der Waals surface area contributed by atoms with E-state index in [2.05, 4.69) is 0 Å². The van der Waals surface area contributed by atoms with Gasteiger partial charge in [-0.25, -0.2) is 0 Å². The van der Waals surface area contributed by atoms with E-state index in [1.165, 1.54) is 0 Å². The van der Waals surface area contributed by atoms with E-state index in [0.717, 1.165) is 11.3 Å². The van der Waals surface area contributed by atoms with E-state index in [1.54, 1.807) is 38.1 Å². The third-order valence-corrected chi connectivity index (χ3v) is 5.16. The van der Waals surface area contributed by atoms with E-state index in [9.17, 15) is 9.59 Å². The molecule has 2 aromatic rings. The van der Waals surface area contributed by atoms with Gasteiger partial charge in [-0.2, -0.15) is 0 Å². The summed E-state index contributed by atoms with van der Waals surface area (Å²) in [6, 6.07) is 9.45. The Morgan fingerprint density at radius 1 is 0.938 bits per heavy atom. The Morgan fingerprint density at radius 3 is 2.28 bits per heavy atom. The summed E-state index contributed by atoms with van der Waals surface area (Å²) >= 11 is 0. The van der Waals surface area contributed by atoms with Gasteiger partial charge in [-0.3, -0.25) is 9.59 Å². The molecule has 0 aliphatic heterocycles. The smallest absolute Gasteiger partial charge is 0.242 e. The highest BCUT2D eigenvalue weighted by atomic mass is 16.5. The van der Waals surface area contributed by atoms with Gasteiger partial charge in [0.1, 0.15) is 11.5 Å².